The third-order valence-corrected chi connectivity index (χ3v) is 1.50. The Kier molecular flexibility index (Phi) is 3.15. The van der Waals surface area contributed by atoms with Gasteiger partial charge in [0, 0.05) is 5.69 Å². The van der Waals surface area contributed by atoms with E-state index in [9.17, 15) is 13.2 Å². The van der Waals surface area contributed by atoms with Gasteiger partial charge in [-0.15, -0.1) is 0 Å². The molecule has 0 aliphatic carbocycles. The third-order valence-electron chi connectivity index (χ3n) is 1.18. The van der Waals surface area contributed by atoms with Crippen LogP contribution in [0.4, 0.5) is 10.5 Å². The Bertz CT molecular complexity index is 416. The van der Waals surface area contributed by atoms with Crippen LogP contribution >= 0.6 is 0 Å². The third kappa shape index (κ3) is 3.48. The zero-order chi connectivity index (χ0) is 9.68. The second-order valence-corrected chi connectivity index (χ2v) is 2.72. The number of anilines is 1. The summed E-state index contributed by atoms with van der Waals surface area (Å²) in [7, 11) is -2.71. The number of para-hydroxylation sites is 1. The zero-order valence-corrected chi connectivity index (χ0v) is 7.28. The highest BCUT2D eigenvalue weighted by molar-refractivity contribution is 7.62. The minimum Gasteiger partial charge on any atom is -0.305 e. The molecule has 0 saturated carbocycles. The molecule has 0 unspecified atom stereocenters. The molecule has 6 heteroatoms. The summed E-state index contributed by atoms with van der Waals surface area (Å²) < 4.78 is 22.7. The SMILES string of the molecule is O=C(N=S(=O)=O)Nc1ccccc1. The summed E-state index contributed by atoms with van der Waals surface area (Å²) in [5, 5.41) is 2.27. The van der Waals surface area contributed by atoms with E-state index in [0.29, 0.717) is 5.69 Å². The average molecular weight is 198 g/mol. The predicted octanol–water partition coefficient (Wildman–Crippen LogP) is 1.28. The minimum absolute atomic E-state index is 0.502. The summed E-state index contributed by atoms with van der Waals surface area (Å²) in [5.41, 5.74) is 0.502. The van der Waals surface area contributed by atoms with Crippen molar-refractivity contribution in [2.45, 2.75) is 0 Å². The van der Waals surface area contributed by atoms with E-state index in [2.05, 4.69) is 9.68 Å². The molecule has 0 fully saturated rings. The maximum absolute atomic E-state index is 10.8. The van der Waals surface area contributed by atoms with Crippen LogP contribution in [0.5, 0.6) is 0 Å². The van der Waals surface area contributed by atoms with Gasteiger partial charge < -0.3 is 5.32 Å². The Morgan fingerprint density at radius 3 is 2.38 bits per heavy atom. The number of carbonyl (C=O) groups excluding carboxylic acids is 1. The molecule has 0 spiro atoms. The van der Waals surface area contributed by atoms with Crippen LogP contribution in [0.15, 0.2) is 34.7 Å². The molecule has 2 amide bonds. The van der Waals surface area contributed by atoms with Gasteiger partial charge in [0.25, 0.3) is 0 Å². The summed E-state index contributed by atoms with van der Waals surface area (Å²) in [6.45, 7) is 0. The molecule has 0 atom stereocenters. The Morgan fingerprint density at radius 1 is 1.23 bits per heavy atom. The molecule has 0 aliphatic rings. The maximum atomic E-state index is 10.8. The van der Waals surface area contributed by atoms with Gasteiger partial charge in [-0.05, 0) is 12.1 Å². The summed E-state index contributed by atoms with van der Waals surface area (Å²) >= 11 is 0. The fourth-order valence-electron chi connectivity index (χ4n) is 0.735. The quantitative estimate of drug-likeness (QED) is 0.738. The standard InChI is InChI=1S/C7H6N2O3S/c10-7(9-13(11)12)8-6-4-2-1-3-5-6/h1-5H,(H,8,10). The molecule has 0 bridgehead atoms. The molecule has 1 rings (SSSR count). The van der Waals surface area contributed by atoms with Crippen LogP contribution in [-0.4, -0.2) is 14.4 Å². The monoisotopic (exact) mass is 198 g/mol. The first-order chi connectivity index (χ1) is 6.18. The number of rotatable bonds is 1. The molecule has 0 radical (unpaired) electrons. The lowest BCUT2D eigenvalue weighted by atomic mass is 10.3. The fourth-order valence-corrected chi connectivity index (χ4v) is 0.917. The molecule has 68 valence electrons. The highest BCUT2D eigenvalue weighted by Crippen LogP contribution is 2.04. The van der Waals surface area contributed by atoms with Gasteiger partial charge in [-0.25, -0.2) is 4.79 Å². The van der Waals surface area contributed by atoms with E-state index in [1.54, 1.807) is 30.3 Å². The van der Waals surface area contributed by atoms with Crippen LogP contribution in [0.2, 0.25) is 0 Å². The van der Waals surface area contributed by atoms with E-state index in [-0.39, 0.29) is 0 Å². The van der Waals surface area contributed by atoms with Crippen molar-refractivity contribution in [2.75, 3.05) is 5.32 Å². The van der Waals surface area contributed by atoms with Gasteiger partial charge in [0.05, 0.1) is 0 Å². The van der Waals surface area contributed by atoms with Gasteiger partial charge in [0.2, 0.25) is 0 Å². The number of nitrogens with one attached hydrogen (secondary N) is 1. The number of nitrogens with zero attached hydrogens (tertiary/aromatic N) is 1. The Labute approximate surface area is 76.1 Å². The van der Waals surface area contributed by atoms with Gasteiger partial charge in [-0.2, -0.15) is 8.42 Å². The second kappa shape index (κ2) is 4.36. The Morgan fingerprint density at radius 2 is 1.85 bits per heavy atom. The summed E-state index contributed by atoms with van der Waals surface area (Å²) in [6.07, 6.45) is 0. The van der Waals surface area contributed by atoms with Gasteiger partial charge in [-0.1, -0.05) is 22.6 Å². The number of hydrogen-bond acceptors (Lipinski definition) is 3. The van der Waals surface area contributed by atoms with Crippen molar-refractivity contribution in [3.63, 3.8) is 0 Å². The van der Waals surface area contributed by atoms with Crippen LogP contribution in [0.25, 0.3) is 0 Å². The van der Waals surface area contributed by atoms with Crippen LogP contribution in [0.3, 0.4) is 0 Å². The van der Waals surface area contributed by atoms with E-state index in [1.165, 1.54) is 0 Å². The maximum Gasteiger partial charge on any atom is 0.360 e. The summed E-state index contributed by atoms with van der Waals surface area (Å²) in [6, 6.07) is 7.55. The van der Waals surface area contributed by atoms with Crippen molar-refractivity contribution in [1.29, 1.82) is 0 Å². The average Bonchev–Trinajstić information content (AvgIpc) is 2.04. The number of benzene rings is 1. The molecule has 1 N–H and O–H groups in total. The van der Waals surface area contributed by atoms with Crippen LogP contribution in [0.1, 0.15) is 0 Å². The summed E-state index contributed by atoms with van der Waals surface area (Å²) in [4.78, 5) is 10.8. The minimum atomic E-state index is -2.71. The molecular weight excluding hydrogens is 192 g/mol. The smallest absolute Gasteiger partial charge is 0.305 e. The lowest BCUT2D eigenvalue weighted by Crippen LogP contribution is -2.05. The van der Waals surface area contributed by atoms with Crippen LogP contribution in [-0.2, 0) is 10.5 Å². The first kappa shape index (κ1) is 9.40. The van der Waals surface area contributed by atoms with E-state index in [1.807, 2.05) is 0 Å². The van der Waals surface area contributed by atoms with Crippen LogP contribution < -0.4 is 5.32 Å². The topological polar surface area (TPSA) is 75.6 Å². The van der Waals surface area contributed by atoms with Gasteiger partial charge in [0.1, 0.15) is 0 Å². The van der Waals surface area contributed by atoms with Crippen molar-refractivity contribution in [3.8, 4) is 0 Å². The Hall–Kier alpha value is -1.69. The number of hydrogen-bond donors (Lipinski definition) is 1. The van der Waals surface area contributed by atoms with E-state index >= 15 is 0 Å². The normalized spacial score (nSPS) is 8.92. The molecule has 5 nitrogen and oxygen atoms in total. The largest absolute Gasteiger partial charge is 0.360 e. The number of amides is 2. The van der Waals surface area contributed by atoms with Gasteiger partial charge >= 0.3 is 16.5 Å². The van der Waals surface area contributed by atoms with Crippen molar-refractivity contribution in [1.82, 2.24) is 0 Å². The van der Waals surface area contributed by atoms with Gasteiger partial charge in [0.15, 0.2) is 0 Å². The molecule has 0 saturated heterocycles. The lowest BCUT2D eigenvalue weighted by molar-refractivity contribution is 0.260. The van der Waals surface area contributed by atoms with E-state index in [4.69, 9.17) is 0 Å². The second-order valence-electron chi connectivity index (χ2n) is 2.10. The predicted molar refractivity (Wildman–Crippen MR) is 46.8 cm³/mol. The highest BCUT2D eigenvalue weighted by Gasteiger charge is 1.97. The first-order valence-electron chi connectivity index (χ1n) is 3.35. The highest BCUT2D eigenvalue weighted by atomic mass is 32.2. The zero-order valence-electron chi connectivity index (χ0n) is 6.47. The fraction of sp³-hybridized carbons (Fsp3) is 0. The Balaban J connectivity index is 2.72. The van der Waals surface area contributed by atoms with Crippen molar-refractivity contribution in [2.24, 2.45) is 4.36 Å². The number of urea groups is 1. The van der Waals surface area contributed by atoms with Crippen molar-refractivity contribution < 1.29 is 13.2 Å². The van der Waals surface area contributed by atoms with Crippen molar-refractivity contribution >= 4 is 22.2 Å². The molecule has 1 aromatic carbocycles. The first-order valence-corrected chi connectivity index (χ1v) is 4.39. The molecular formula is C7H6N2O3S. The summed E-state index contributed by atoms with van der Waals surface area (Å²) in [5.74, 6) is 0. The molecule has 13 heavy (non-hydrogen) atoms. The number of carbonyl (C=O) groups is 1. The van der Waals surface area contributed by atoms with E-state index < -0.39 is 16.5 Å². The molecule has 0 aromatic heterocycles. The van der Waals surface area contributed by atoms with Crippen LogP contribution in [0, 0.1) is 0 Å². The lowest BCUT2D eigenvalue weighted by Gasteiger charge is -1.97. The van der Waals surface area contributed by atoms with E-state index in [0.717, 1.165) is 0 Å². The molecule has 0 heterocycles. The van der Waals surface area contributed by atoms with Crippen molar-refractivity contribution in [3.05, 3.63) is 30.3 Å². The molecule has 0 aliphatic heterocycles. The van der Waals surface area contributed by atoms with Gasteiger partial charge in [-0.3, -0.25) is 0 Å². The molecule has 1 aromatic rings.